The first-order valence-electron chi connectivity index (χ1n) is 7.34. The van der Waals surface area contributed by atoms with Crippen LogP contribution in [-0.4, -0.2) is 20.1 Å². The molecule has 1 rings (SSSR count). The first-order valence-corrected chi connectivity index (χ1v) is 8.13. The van der Waals surface area contributed by atoms with Crippen molar-refractivity contribution in [2.24, 2.45) is 0 Å². The Labute approximate surface area is 126 Å². The first kappa shape index (κ1) is 16.5. The van der Waals surface area contributed by atoms with Crippen LogP contribution in [0.2, 0.25) is 0 Å². The number of nitrogens with zero attached hydrogens (tertiary/aromatic N) is 1. The van der Waals surface area contributed by atoms with Crippen molar-refractivity contribution >= 4 is 21.6 Å². The van der Waals surface area contributed by atoms with E-state index < -0.39 is 0 Å². The van der Waals surface area contributed by atoms with E-state index in [2.05, 4.69) is 72.2 Å². The number of hydrogen-bond acceptors (Lipinski definition) is 2. The molecule has 1 aromatic carbocycles. The van der Waals surface area contributed by atoms with Crippen molar-refractivity contribution in [2.45, 2.75) is 46.1 Å². The van der Waals surface area contributed by atoms with E-state index in [9.17, 15) is 0 Å². The molecule has 0 bridgehead atoms. The van der Waals surface area contributed by atoms with E-state index in [4.69, 9.17) is 0 Å². The maximum Gasteiger partial charge on any atom is 0.0423 e. The first-order chi connectivity index (χ1) is 9.10. The third kappa shape index (κ3) is 5.15. The lowest BCUT2D eigenvalue weighted by atomic mass is 10.0. The molecule has 0 aliphatic rings. The van der Waals surface area contributed by atoms with Gasteiger partial charge in [0.25, 0.3) is 0 Å². The van der Waals surface area contributed by atoms with Crippen LogP contribution in [0.15, 0.2) is 22.7 Å². The molecule has 108 valence electrons. The van der Waals surface area contributed by atoms with Crippen LogP contribution in [0.3, 0.4) is 0 Å². The molecule has 1 aromatic rings. The van der Waals surface area contributed by atoms with Crippen molar-refractivity contribution in [1.29, 1.82) is 0 Å². The van der Waals surface area contributed by atoms with Gasteiger partial charge in [-0.05, 0) is 44.0 Å². The molecule has 0 fully saturated rings. The van der Waals surface area contributed by atoms with Crippen LogP contribution in [0.4, 0.5) is 5.69 Å². The molecule has 0 saturated carbocycles. The number of halogens is 1. The van der Waals surface area contributed by atoms with Crippen molar-refractivity contribution in [3.8, 4) is 0 Å². The molecular weight excluding hydrogens is 300 g/mol. The number of anilines is 1. The van der Waals surface area contributed by atoms with Crippen LogP contribution >= 0.6 is 15.9 Å². The molecule has 0 aromatic heterocycles. The maximum atomic E-state index is 3.59. The Bertz CT molecular complexity index is 379. The quantitative estimate of drug-likeness (QED) is 0.741. The summed E-state index contributed by atoms with van der Waals surface area (Å²) in [6.07, 6.45) is 3.64. The van der Waals surface area contributed by atoms with Crippen molar-refractivity contribution in [3.05, 3.63) is 28.2 Å². The van der Waals surface area contributed by atoms with Gasteiger partial charge in [0, 0.05) is 29.8 Å². The summed E-state index contributed by atoms with van der Waals surface area (Å²) in [7, 11) is 2.19. The minimum absolute atomic E-state index is 0.395. The van der Waals surface area contributed by atoms with Crippen LogP contribution in [0.1, 0.15) is 51.6 Å². The highest BCUT2D eigenvalue weighted by molar-refractivity contribution is 9.10. The molecule has 1 unspecified atom stereocenters. The van der Waals surface area contributed by atoms with E-state index in [-0.39, 0.29) is 0 Å². The Morgan fingerprint density at radius 1 is 1.26 bits per heavy atom. The van der Waals surface area contributed by atoms with E-state index in [1.165, 1.54) is 30.5 Å². The van der Waals surface area contributed by atoms with Gasteiger partial charge in [0.05, 0.1) is 0 Å². The van der Waals surface area contributed by atoms with Crippen LogP contribution < -0.4 is 10.2 Å². The average molecular weight is 327 g/mol. The summed E-state index contributed by atoms with van der Waals surface area (Å²) < 4.78 is 1.15. The van der Waals surface area contributed by atoms with E-state index in [1.807, 2.05) is 0 Å². The summed E-state index contributed by atoms with van der Waals surface area (Å²) in [5.74, 6) is 0. The van der Waals surface area contributed by atoms with Gasteiger partial charge in [0.1, 0.15) is 0 Å². The Kier molecular flexibility index (Phi) is 7.47. The molecule has 0 amide bonds. The van der Waals surface area contributed by atoms with Gasteiger partial charge < -0.3 is 10.2 Å². The fraction of sp³-hybridized carbons (Fsp3) is 0.625. The summed E-state index contributed by atoms with van der Waals surface area (Å²) in [6, 6.07) is 6.99. The molecule has 2 nitrogen and oxygen atoms in total. The number of nitrogens with one attached hydrogen (secondary N) is 1. The highest BCUT2D eigenvalue weighted by Gasteiger charge is 2.13. The van der Waals surface area contributed by atoms with Gasteiger partial charge in [-0.25, -0.2) is 0 Å². The predicted molar refractivity (Wildman–Crippen MR) is 89.0 cm³/mol. The number of unbranched alkanes of at least 4 members (excludes halogenated alkanes) is 1. The fourth-order valence-corrected chi connectivity index (χ4v) is 2.55. The topological polar surface area (TPSA) is 15.3 Å². The van der Waals surface area contributed by atoms with E-state index >= 15 is 0 Å². The Hall–Kier alpha value is -0.540. The van der Waals surface area contributed by atoms with Crippen LogP contribution in [-0.2, 0) is 0 Å². The third-order valence-corrected chi connectivity index (χ3v) is 3.91. The smallest absolute Gasteiger partial charge is 0.0423 e. The second-order valence-electron chi connectivity index (χ2n) is 5.15. The van der Waals surface area contributed by atoms with Crippen molar-refractivity contribution in [2.75, 3.05) is 25.0 Å². The van der Waals surface area contributed by atoms with Crippen LogP contribution in [0.5, 0.6) is 0 Å². The summed E-state index contributed by atoms with van der Waals surface area (Å²) in [5.41, 5.74) is 2.72. The molecule has 0 heterocycles. The van der Waals surface area contributed by atoms with Crippen molar-refractivity contribution in [1.82, 2.24) is 5.32 Å². The van der Waals surface area contributed by atoms with Crippen molar-refractivity contribution < 1.29 is 0 Å². The van der Waals surface area contributed by atoms with Gasteiger partial charge in [-0.3, -0.25) is 0 Å². The molecule has 0 aliphatic carbocycles. The molecular formula is C16H27BrN2. The molecule has 0 aliphatic heterocycles. The zero-order valence-corrected chi connectivity index (χ0v) is 14.3. The van der Waals surface area contributed by atoms with Gasteiger partial charge in [0.2, 0.25) is 0 Å². The molecule has 19 heavy (non-hydrogen) atoms. The molecule has 1 atom stereocenters. The Balaban J connectivity index is 2.90. The molecule has 0 saturated heterocycles. The van der Waals surface area contributed by atoms with Crippen LogP contribution in [0.25, 0.3) is 0 Å². The fourth-order valence-electron chi connectivity index (χ4n) is 2.20. The van der Waals surface area contributed by atoms with Gasteiger partial charge in [0.15, 0.2) is 0 Å². The number of benzene rings is 1. The zero-order valence-electron chi connectivity index (χ0n) is 12.7. The SMILES string of the molecule is CCCCN(C)c1cc(Br)ccc1C(C)NCCC. The van der Waals surface area contributed by atoms with Crippen LogP contribution in [0, 0.1) is 0 Å². The average Bonchev–Trinajstić information content (AvgIpc) is 2.41. The van der Waals surface area contributed by atoms with Crippen molar-refractivity contribution in [3.63, 3.8) is 0 Å². The highest BCUT2D eigenvalue weighted by atomic mass is 79.9. The highest BCUT2D eigenvalue weighted by Crippen LogP contribution is 2.29. The lowest BCUT2D eigenvalue weighted by Crippen LogP contribution is -2.24. The molecule has 1 N–H and O–H groups in total. The second-order valence-corrected chi connectivity index (χ2v) is 6.07. The zero-order chi connectivity index (χ0) is 14.3. The molecule has 3 heteroatoms. The Morgan fingerprint density at radius 2 is 2.00 bits per heavy atom. The molecule has 0 spiro atoms. The Morgan fingerprint density at radius 3 is 2.63 bits per heavy atom. The minimum atomic E-state index is 0.395. The number of rotatable bonds is 8. The number of hydrogen-bond donors (Lipinski definition) is 1. The van der Waals surface area contributed by atoms with E-state index in [0.717, 1.165) is 17.6 Å². The lowest BCUT2D eigenvalue weighted by molar-refractivity contribution is 0.569. The minimum Gasteiger partial charge on any atom is -0.374 e. The van der Waals surface area contributed by atoms with Gasteiger partial charge in [-0.2, -0.15) is 0 Å². The largest absolute Gasteiger partial charge is 0.374 e. The third-order valence-electron chi connectivity index (χ3n) is 3.42. The summed E-state index contributed by atoms with van der Waals surface area (Å²) in [6.45, 7) is 8.86. The maximum absolute atomic E-state index is 3.59. The summed E-state index contributed by atoms with van der Waals surface area (Å²) in [4.78, 5) is 2.37. The van der Waals surface area contributed by atoms with E-state index in [1.54, 1.807) is 0 Å². The van der Waals surface area contributed by atoms with E-state index in [0.29, 0.717) is 6.04 Å². The van der Waals surface area contributed by atoms with Gasteiger partial charge >= 0.3 is 0 Å². The normalized spacial score (nSPS) is 12.5. The van der Waals surface area contributed by atoms with Gasteiger partial charge in [-0.1, -0.05) is 42.3 Å². The monoisotopic (exact) mass is 326 g/mol. The summed E-state index contributed by atoms with van der Waals surface area (Å²) >= 11 is 3.59. The molecule has 0 radical (unpaired) electrons. The second kappa shape index (κ2) is 8.60. The van der Waals surface area contributed by atoms with Gasteiger partial charge in [-0.15, -0.1) is 0 Å². The lowest BCUT2D eigenvalue weighted by Gasteiger charge is -2.26. The standard InChI is InChI=1S/C16H27BrN2/c1-5-7-11-19(4)16-12-14(17)8-9-15(16)13(3)18-10-6-2/h8-9,12-13,18H,5-7,10-11H2,1-4H3. The summed E-state index contributed by atoms with van der Waals surface area (Å²) in [5, 5.41) is 3.58. The predicted octanol–water partition coefficient (Wildman–Crippen LogP) is 4.75.